The van der Waals surface area contributed by atoms with Crippen LogP contribution in [0.5, 0.6) is 0 Å². The topological polar surface area (TPSA) is 49.3 Å². The Kier molecular flexibility index (Phi) is 5.77. The minimum atomic E-state index is -0.149. The third kappa shape index (κ3) is 4.54. The molecule has 5 nitrogen and oxygen atoms in total. The maximum absolute atomic E-state index is 12.2. The van der Waals surface area contributed by atoms with Crippen molar-refractivity contribution in [3.63, 3.8) is 0 Å². The Balaban J connectivity index is 1.56. The predicted molar refractivity (Wildman–Crippen MR) is 98.6 cm³/mol. The summed E-state index contributed by atoms with van der Waals surface area (Å²) in [6, 6.07) is 11.9. The fourth-order valence-corrected chi connectivity index (χ4v) is 3.15. The monoisotopic (exact) mass is 326 g/mol. The standard InChI is InChI=1S/C19H26N4O/c24-19(20-11-16-22-12-7-8-13-22)21-17-9-3-4-10-18(17)23-14-5-1-2-6-15-23/h3-4,7-10,12-13H,1-2,5-6,11,14-16H2,(H2,20,21,24). The second kappa shape index (κ2) is 8.43. The van der Waals surface area contributed by atoms with Crippen molar-refractivity contribution in [1.82, 2.24) is 9.88 Å². The second-order valence-corrected chi connectivity index (χ2v) is 6.22. The predicted octanol–water partition coefficient (Wildman–Crippen LogP) is 3.69. The van der Waals surface area contributed by atoms with Crippen molar-refractivity contribution in [3.8, 4) is 0 Å². The minimum absolute atomic E-state index is 0.149. The van der Waals surface area contributed by atoms with Crippen LogP contribution in [0.3, 0.4) is 0 Å². The molecule has 0 aliphatic carbocycles. The average molecular weight is 326 g/mol. The number of amides is 2. The van der Waals surface area contributed by atoms with Gasteiger partial charge in [0.15, 0.2) is 0 Å². The molecule has 2 amide bonds. The lowest BCUT2D eigenvalue weighted by Crippen LogP contribution is -2.32. The summed E-state index contributed by atoms with van der Waals surface area (Å²) in [6.07, 6.45) is 9.02. The van der Waals surface area contributed by atoms with Gasteiger partial charge in [-0.2, -0.15) is 0 Å². The quantitative estimate of drug-likeness (QED) is 0.880. The summed E-state index contributed by atoms with van der Waals surface area (Å²) in [7, 11) is 0. The SMILES string of the molecule is O=C(NCCn1cccc1)Nc1ccccc1N1CCCCCC1. The summed E-state index contributed by atoms with van der Waals surface area (Å²) < 4.78 is 2.05. The van der Waals surface area contributed by atoms with Gasteiger partial charge in [-0.3, -0.25) is 0 Å². The first-order valence-electron chi connectivity index (χ1n) is 8.82. The van der Waals surface area contributed by atoms with E-state index in [9.17, 15) is 4.79 Å². The van der Waals surface area contributed by atoms with Crippen LogP contribution in [-0.2, 0) is 6.54 Å². The lowest BCUT2D eigenvalue weighted by Gasteiger charge is -2.25. The van der Waals surface area contributed by atoms with Crippen molar-refractivity contribution >= 4 is 17.4 Å². The van der Waals surface area contributed by atoms with Gasteiger partial charge in [0.25, 0.3) is 0 Å². The number of nitrogens with one attached hydrogen (secondary N) is 2. The zero-order valence-corrected chi connectivity index (χ0v) is 14.1. The van der Waals surface area contributed by atoms with Crippen molar-refractivity contribution < 1.29 is 4.79 Å². The molecule has 0 atom stereocenters. The third-order valence-corrected chi connectivity index (χ3v) is 4.42. The molecule has 2 N–H and O–H groups in total. The molecule has 1 saturated heterocycles. The molecule has 2 aromatic rings. The lowest BCUT2D eigenvalue weighted by molar-refractivity contribution is 0.251. The summed E-state index contributed by atoms with van der Waals surface area (Å²) in [5.41, 5.74) is 2.01. The molecule has 3 rings (SSSR count). The van der Waals surface area contributed by atoms with E-state index in [4.69, 9.17) is 0 Å². The van der Waals surface area contributed by atoms with Gasteiger partial charge in [0.05, 0.1) is 11.4 Å². The number of anilines is 2. The van der Waals surface area contributed by atoms with Crippen molar-refractivity contribution in [2.45, 2.75) is 32.2 Å². The van der Waals surface area contributed by atoms with Gasteiger partial charge >= 0.3 is 6.03 Å². The molecular weight excluding hydrogens is 300 g/mol. The van der Waals surface area contributed by atoms with Crippen molar-refractivity contribution in [2.24, 2.45) is 0 Å². The molecule has 1 aliphatic heterocycles. The zero-order valence-electron chi connectivity index (χ0n) is 14.1. The molecule has 24 heavy (non-hydrogen) atoms. The molecule has 1 fully saturated rings. The van der Waals surface area contributed by atoms with Gasteiger partial charge in [-0.15, -0.1) is 0 Å². The lowest BCUT2D eigenvalue weighted by atomic mass is 10.2. The molecule has 0 radical (unpaired) electrons. The van der Waals surface area contributed by atoms with Gasteiger partial charge in [-0.1, -0.05) is 25.0 Å². The Labute approximate surface area is 143 Å². The Hall–Kier alpha value is -2.43. The average Bonchev–Trinajstić information content (AvgIpc) is 2.96. The van der Waals surface area contributed by atoms with E-state index in [2.05, 4.69) is 21.6 Å². The van der Waals surface area contributed by atoms with Crippen LogP contribution >= 0.6 is 0 Å². The van der Waals surface area contributed by atoms with Crippen LogP contribution in [0.2, 0.25) is 0 Å². The van der Waals surface area contributed by atoms with E-state index in [1.54, 1.807) is 0 Å². The van der Waals surface area contributed by atoms with Gasteiger partial charge in [-0.25, -0.2) is 4.79 Å². The molecule has 1 aromatic heterocycles. The fraction of sp³-hybridized carbons (Fsp3) is 0.421. The maximum Gasteiger partial charge on any atom is 0.319 e. The van der Waals surface area contributed by atoms with Crippen molar-refractivity contribution in [3.05, 3.63) is 48.8 Å². The highest BCUT2D eigenvalue weighted by Gasteiger charge is 2.14. The van der Waals surface area contributed by atoms with Crippen LogP contribution in [0.1, 0.15) is 25.7 Å². The number of para-hydroxylation sites is 2. The van der Waals surface area contributed by atoms with E-state index in [1.807, 2.05) is 47.3 Å². The van der Waals surface area contributed by atoms with E-state index in [0.29, 0.717) is 6.54 Å². The summed E-state index contributed by atoms with van der Waals surface area (Å²) in [4.78, 5) is 14.6. The normalized spacial score (nSPS) is 14.9. The number of hydrogen-bond acceptors (Lipinski definition) is 2. The van der Waals surface area contributed by atoms with Crippen molar-refractivity contribution in [2.75, 3.05) is 29.9 Å². The Bertz CT molecular complexity index is 631. The molecule has 1 aromatic carbocycles. The second-order valence-electron chi connectivity index (χ2n) is 6.22. The van der Waals surface area contributed by atoms with Gasteiger partial charge in [0, 0.05) is 38.6 Å². The summed E-state index contributed by atoms with van der Waals surface area (Å²) in [5.74, 6) is 0. The first kappa shape index (κ1) is 16.4. The number of carbonyl (C=O) groups is 1. The van der Waals surface area contributed by atoms with Crippen LogP contribution in [0.15, 0.2) is 48.8 Å². The number of carbonyl (C=O) groups excluding carboxylic acids is 1. The van der Waals surface area contributed by atoms with Crippen LogP contribution in [0.25, 0.3) is 0 Å². The summed E-state index contributed by atoms with van der Waals surface area (Å²) in [5, 5.41) is 5.93. The van der Waals surface area contributed by atoms with Gasteiger partial charge in [0.2, 0.25) is 0 Å². The molecule has 1 aliphatic rings. The molecule has 5 heteroatoms. The first-order valence-corrected chi connectivity index (χ1v) is 8.82. The highest BCUT2D eigenvalue weighted by atomic mass is 16.2. The molecule has 0 spiro atoms. The number of hydrogen-bond donors (Lipinski definition) is 2. The molecule has 2 heterocycles. The van der Waals surface area contributed by atoms with Crippen molar-refractivity contribution in [1.29, 1.82) is 0 Å². The smallest absolute Gasteiger partial charge is 0.319 e. The van der Waals surface area contributed by atoms with Crippen LogP contribution in [-0.4, -0.2) is 30.2 Å². The van der Waals surface area contributed by atoms with Gasteiger partial charge in [0.1, 0.15) is 0 Å². The maximum atomic E-state index is 12.2. The molecular formula is C19H26N4O. The third-order valence-electron chi connectivity index (χ3n) is 4.42. The van der Waals surface area contributed by atoms with E-state index in [0.717, 1.165) is 31.0 Å². The molecule has 0 unspecified atom stereocenters. The van der Waals surface area contributed by atoms with E-state index < -0.39 is 0 Å². The Morgan fingerprint density at radius 3 is 2.42 bits per heavy atom. The van der Waals surface area contributed by atoms with Gasteiger partial charge < -0.3 is 20.1 Å². The highest BCUT2D eigenvalue weighted by molar-refractivity contribution is 5.93. The Morgan fingerprint density at radius 1 is 0.958 bits per heavy atom. The zero-order chi connectivity index (χ0) is 16.6. The van der Waals surface area contributed by atoms with E-state index in [1.165, 1.54) is 25.7 Å². The highest BCUT2D eigenvalue weighted by Crippen LogP contribution is 2.27. The Morgan fingerprint density at radius 2 is 1.67 bits per heavy atom. The first-order chi connectivity index (χ1) is 11.8. The van der Waals surface area contributed by atoms with E-state index >= 15 is 0 Å². The number of nitrogens with zero attached hydrogens (tertiary/aromatic N) is 2. The summed E-state index contributed by atoms with van der Waals surface area (Å²) >= 11 is 0. The molecule has 128 valence electrons. The number of aromatic nitrogens is 1. The number of benzene rings is 1. The number of urea groups is 1. The van der Waals surface area contributed by atoms with Crippen LogP contribution in [0.4, 0.5) is 16.2 Å². The number of rotatable bonds is 5. The largest absolute Gasteiger partial charge is 0.370 e. The summed E-state index contributed by atoms with van der Waals surface area (Å²) in [6.45, 7) is 3.50. The molecule has 0 bridgehead atoms. The van der Waals surface area contributed by atoms with E-state index in [-0.39, 0.29) is 6.03 Å². The molecule has 0 saturated carbocycles. The fourth-order valence-electron chi connectivity index (χ4n) is 3.15. The van der Waals surface area contributed by atoms with Crippen LogP contribution in [0, 0.1) is 0 Å². The van der Waals surface area contributed by atoms with Gasteiger partial charge in [-0.05, 0) is 37.1 Å². The van der Waals surface area contributed by atoms with Crippen LogP contribution < -0.4 is 15.5 Å². The minimum Gasteiger partial charge on any atom is -0.370 e.